The SMILES string of the molecule is CCC1CN(C(=O)c2cc(C)c(C)c(S(N)(=O)=O)c2)CCO1. The highest BCUT2D eigenvalue weighted by Crippen LogP contribution is 2.22. The van der Waals surface area contributed by atoms with Gasteiger partial charge in [-0.25, -0.2) is 13.6 Å². The first kappa shape index (κ1) is 16.9. The van der Waals surface area contributed by atoms with E-state index in [1.54, 1.807) is 24.8 Å². The smallest absolute Gasteiger partial charge is 0.254 e. The Morgan fingerprint density at radius 3 is 2.68 bits per heavy atom. The van der Waals surface area contributed by atoms with Crippen LogP contribution in [0.4, 0.5) is 0 Å². The molecular weight excluding hydrogens is 304 g/mol. The molecule has 1 atom stereocenters. The molecule has 0 aliphatic carbocycles. The average Bonchev–Trinajstić information content (AvgIpc) is 2.48. The zero-order valence-electron chi connectivity index (χ0n) is 13.1. The van der Waals surface area contributed by atoms with Crippen molar-refractivity contribution in [3.63, 3.8) is 0 Å². The Morgan fingerprint density at radius 2 is 2.09 bits per heavy atom. The number of hydrogen-bond donors (Lipinski definition) is 1. The van der Waals surface area contributed by atoms with Crippen LogP contribution in [-0.2, 0) is 14.8 Å². The molecule has 0 saturated carbocycles. The van der Waals surface area contributed by atoms with E-state index < -0.39 is 10.0 Å². The van der Waals surface area contributed by atoms with Crippen LogP contribution in [0.25, 0.3) is 0 Å². The van der Waals surface area contributed by atoms with E-state index in [2.05, 4.69) is 0 Å². The number of nitrogens with two attached hydrogens (primary N) is 1. The van der Waals surface area contributed by atoms with E-state index in [9.17, 15) is 13.2 Å². The maximum Gasteiger partial charge on any atom is 0.254 e. The molecule has 1 unspecified atom stereocenters. The number of carbonyl (C=O) groups is 1. The lowest BCUT2D eigenvalue weighted by Gasteiger charge is -2.32. The maximum atomic E-state index is 12.6. The Labute approximate surface area is 131 Å². The summed E-state index contributed by atoms with van der Waals surface area (Å²) < 4.78 is 28.9. The van der Waals surface area contributed by atoms with E-state index in [4.69, 9.17) is 9.88 Å². The molecule has 22 heavy (non-hydrogen) atoms. The van der Waals surface area contributed by atoms with Crippen molar-refractivity contribution < 1.29 is 17.9 Å². The molecule has 0 bridgehead atoms. The van der Waals surface area contributed by atoms with Crippen molar-refractivity contribution in [2.75, 3.05) is 19.7 Å². The van der Waals surface area contributed by atoms with E-state index in [0.717, 1.165) is 12.0 Å². The number of hydrogen-bond acceptors (Lipinski definition) is 4. The van der Waals surface area contributed by atoms with E-state index >= 15 is 0 Å². The number of amides is 1. The highest BCUT2D eigenvalue weighted by atomic mass is 32.2. The summed E-state index contributed by atoms with van der Waals surface area (Å²) in [6, 6.07) is 3.08. The van der Waals surface area contributed by atoms with Crippen LogP contribution in [0.1, 0.15) is 34.8 Å². The van der Waals surface area contributed by atoms with Crippen molar-refractivity contribution in [2.24, 2.45) is 5.14 Å². The van der Waals surface area contributed by atoms with Crippen molar-refractivity contribution >= 4 is 15.9 Å². The molecule has 6 nitrogen and oxygen atoms in total. The second kappa shape index (κ2) is 6.36. The fourth-order valence-corrected chi connectivity index (χ4v) is 3.46. The summed E-state index contributed by atoms with van der Waals surface area (Å²) in [7, 11) is -3.85. The molecule has 1 saturated heterocycles. The summed E-state index contributed by atoms with van der Waals surface area (Å²) in [5.74, 6) is -0.185. The number of nitrogens with zero attached hydrogens (tertiary/aromatic N) is 1. The van der Waals surface area contributed by atoms with Crippen molar-refractivity contribution in [3.05, 3.63) is 28.8 Å². The van der Waals surface area contributed by atoms with Gasteiger partial charge < -0.3 is 9.64 Å². The third-order valence-corrected chi connectivity index (χ3v) is 5.09. The predicted molar refractivity (Wildman–Crippen MR) is 83.2 cm³/mol. The summed E-state index contributed by atoms with van der Waals surface area (Å²) in [5.41, 5.74) is 1.66. The quantitative estimate of drug-likeness (QED) is 0.904. The second-order valence-corrected chi connectivity index (χ2v) is 7.14. The fraction of sp³-hybridized carbons (Fsp3) is 0.533. The van der Waals surface area contributed by atoms with Crippen LogP contribution in [0, 0.1) is 13.8 Å². The molecular formula is C15H22N2O4S. The molecule has 1 fully saturated rings. The fourth-order valence-electron chi connectivity index (χ4n) is 2.58. The number of carbonyl (C=O) groups excluding carboxylic acids is 1. The number of primary sulfonamides is 1. The number of sulfonamides is 1. The monoisotopic (exact) mass is 326 g/mol. The largest absolute Gasteiger partial charge is 0.375 e. The van der Waals surface area contributed by atoms with Gasteiger partial charge in [0.25, 0.3) is 5.91 Å². The van der Waals surface area contributed by atoms with Crippen LogP contribution < -0.4 is 5.14 Å². The van der Waals surface area contributed by atoms with Gasteiger partial charge in [-0.15, -0.1) is 0 Å². The van der Waals surface area contributed by atoms with Gasteiger partial charge >= 0.3 is 0 Å². The molecule has 122 valence electrons. The van der Waals surface area contributed by atoms with Crippen molar-refractivity contribution in [1.82, 2.24) is 4.90 Å². The molecule has 7 heteroatoms. The van der Waals surface area contributed by atoms with Crippen LogP contribution in [0.3, 0.4) is 0 Å². The molecule has 1 heterocycles. The first-order valence-corrected chi connectivity index (χ1v) is 8.83. The van der Waals surface area contributed by atoms with Crippen molar-refractivity contribution in [2.45, 2.75) is 38.2 Å². The highest BCUT2D eigenvalue weighted by Gasteiger charge is 2.25. The number of morpholine rings is 1. The summed E-state index contributed by atoms with van der Waals surface area (Å²) >= 11 is 0. The molecule has 0 spiro atoms. The van der Waals surface area contributed by atoms with E-state index in [1.165, 1.54) is 6.07 Å². The van der Waals surface area contributed by atoms with Crippen LogP contribution in [-0.4, -0.2) is 45.0 Å². The van der Waals surface area contributed by atoms with E-state index in [-0.39, 0.29) is 16.9 Å². The van der Waals surface area contributed by atoms with Gasteiger partial charge in [0, 0.05) is 18.7 Å². The topological polar surface area (TPSA) is 89.7 Å². The lowest BCUT2D eigenvalue weighted by molar-refractivity contribution is -0.0226. The molecule has 1 amide bonds. The zero-order chi connectivity index (χ0) is 16.5. The van der Waals surface area contributed by atoms with Gasteiger partial charge in [-0.1, -0.05) is 6.92 Å². The molecule has 0 radical (unpaired) electrons. The standard InChI is InChI=1S/C15H22N2O4S/c1-4-13-9-17(5-6-21-13)15(18)12-7-10(2)11(3)14(8-12)22(16,19)20/h7-8,13H,4-6,9H2,1-3H3,(H2,16,19,20). The third kappa shape index (κ3) is 3.48. The van der Waals surface area contributed by atoms with Crippen LogP contribution >= 0.6 is 0 Å². The molecule has 1 aliphatic rings. The third-order valence-electron chi connectivity index (χ3n) is 4.05. The lowest BCUT2D eigenvalue weighted by atomic mass is 10.0. The molecule has 2 N–H and O–H groups in total. The van der Waals surface area contributed by atoms with E-state index in [0.29, 0.717) is 30.8 Å². The number of ether oxygens (including phenoxy) is 1. The van der Waals surface area contributed by atoms with Gasteiger partial charge in [0.05, 0.1) is 17.6 Å². The number of aryl methyl sites for hydroxylation is 1. The highest BCUT2D eigenvalue weighted by molar-refractivity contribution is 7.89. The Kier molecular flexibility index (Phi) is 4.89. The van der Waals surface area contributed by atoms with Gasteiger partial charge in [0.15, 0.2) is 0 Å². The van der Waals surface area contributed by atoms with Gasteiger partial charge in [-0.3, -0.25) is 4.79 Å². The summed E-state index contributed by atoms with van der Waals surface area (Å²) in [5, 5.41) is 5.24. The van der Waals surface area contributed by atoms with Gasteiger partial charge in [0.1, 0.15) is 0 Å². The molecule has 1 aliphatic heterocycles. The first-order chi connectivity index (χ1) is 10.2. The van der Waals surface area contributed by atoms with Gasteiger partial charge in [-0.2, -0.15) is 0 Å². The van der Waals surface area contributed by atoms with Crippen molar-refractivity contribution in [3.8, 4) is 0 Å². The van der Waals surface area contributed by atoms with E-state index in [1.807, 2.05) is 6.92 Å². The number of rotatable bonds is 3. The summed E-state index contributed by atoms with van der Waals surface area (Å²) in [4.78, 5) is 14.4. The van der Waals surface area contributed by atoms with Crippen LogP contribution in [0.5, 0.6) is 0 Å². The normalized spacial score (nSPS) is 19.3. The van der Waals surface area contributed by atoms with Crippen LogP contribution in [0.2, 0.25) is 0 Å². The second-order valence-electron chi connectivity index (χ2n) is 5.61. The predicted octanol–water partition coefficient (Wildman–Crippen LogP) is 1.20. The molecule has 1 aromatic rings. The maximum absolute atomic E-state index is 12.6. The summed E-state index contributed by atoms with van der Waals surface area (Å²) in [6.45, 7) is 6.99. The van der Waals surface area contributed by atoms with Gasteiger partial charge in [0.2, 0.25) is 10.0 Å². The minimum absolute atomic E-state index is 0.0103. The minimum Gasteiger partial charge on any atom is -0.375 e. The Balaban J connectivity index is 2.36. The average molecular weight is 326 g/mol. The Hall–Kier alpha value is -1.44. The van der Waals surface area contributed by atoms with Crippen molar-refractivity contribution in [1.29, 1.82) is 0 Å². The lowest BCUT2D eigenvalue weighted by Crippen LogP contribution is -2.45. The molecule has 0 aromatic heterocycles. The van der Waals surface area contributed by atoms with Gasteiger partial charge in [-0.05, 0) is 43.5 Å². The minimum atomic E-state index is -3.85. The molecule has 2 rings (SSSR count). The molecule has 1 aromatic carbocycles. The summed E-state index contributed by atoms with van der Waals surface area (Å²) in [6.07, 6.45) is 0.862. The first-order valence-electron chi connectivity index (χ1n) is 7.29. The Morgan fingerprint density at radius 1 is 1.41 bits per heavy atom. The number of benzene rings is 1. The van der Waals surface area contributed by atoms with Crippen LogP contribution in [0.15, 0.2) is 17.0 Å². The zero-order valence-corrected chi connectivity index (χ0v) is 13.9. The Bertz CT molecular complexity index is 685.